The van der Waals surface area contributed by atoms with Gasteiger partial charge in [-0.1, -0.05) is 6.92 Å². The number of ether oxygens (including phenoxy) is 1. The van der Waals surface area contributed by atoms with Crippen LogP contribution in [0.25, 0.3) is 0 Å². The van der Waals surface area contributed by atoms with Crippen LogP contribution in [0.2, 0.25) is 0 Å². The normalized spacial score (nSPS) is 17.2. The van der Waals surface area contributed by atoms with E-state index in [1.165, 1.54) is 24.2 Å². The zero-order valence-corrected chi connectivity index (χ0v) is 11.6. The fraction of sp³-hybridized carbons (Fsp3) is 0.786. The summed E-state index contributed by atoms with van der Waals surface area (Å²) in [4.78, 5) is 0. The van der Waals surface area contributed by atoms with Crippen LogP contribution in [0.5, 0.6) is 0 Å². The highest BCUT2D eigenvalue weighted by Gasteiger charge is 2.13. The van der Waals surface area contributed by atoms with E-state index in [1.54, 1.807) is 0 Å². The zero-order valence-electron chi connectivity index (χ0n) is 11.6. The lowest BCUT2D eigenvalue weighted by Crippen LogP contribution is -2.28. The second kappa shape index (κ2) is 6.90. The molecule has 0 aromatic carbocycles. The van der Waals surface area contributed by atoms with Gasteiger partial charge in [-0.3, -0.25) is 4.68 Å². The van der Waals surface area contributed by atoms with Gasteiger partial charge in [0.15, 0.2) is 0 Å². The smallest absolute Gasteiger partial charge is 0.0625 e. The van der Waals surface area contributed by atoms with E-state index in [1.807, 2.05) is 0 Å². The van der Waals surface area contributed by atoms with Crippen molar-refractivity contribution < 1.29 is 4.74 Å². The minimum Gasteiger partial charge on any atom is -0.381 e. The van der Waals surface area contributed by atoms with Crippen molar-refractivity contribution in [3.63, 3.8) is 0 Å². The summed E-state index contributed by atoms with van der Waals surface area (Å²) in [5.74, 6) is 0.780. The Morgan fingerprint density at radius 1 is 1.39 bits per heavy atom. The summed E-state index contributed by atoms with van der Waals surface area (Å²) in [6, 6.07) is 2.22. The lowest BCUT2D eigenvalue weighted by Gasteiger charge is -2.22. The number of rotatable bonds is 6. The topological polar surface area (TPSA) is 39.1 Å². The molecule has 2 heterocycles. The second-order valence-corrected chi connectivity index (χ2v) is 4.98. The predicted octanol–water partition coefficient (Wildman–Crippen LogP) is 1.98. The van der Waals surface area contributed by atoms with Gasteiger partial charge in [-0.2, -0.15) is 5.10 Å². The molecule has 0 atom stereocenters. The molecule has 0 spiro atoms. The number of nitrogens with one attached hydrogen (secondary N) is 1. The van der Waals surface area contributed by atoms with Crippen LogP contribution >= 0.6 is 0 Å². The van der Waals surface area contributed by atoms with Crippen LogP contribution < -0.4 is 5.32 Å². The van der Waals surface area contributed by atoms with Crippen LogP contribution in [0.3, 0.4) is 0 Å². The van der Waals surface area contributed by atoms with E-state index in [0.29, 0.717) is 0 Å². The van der Waals surface area contributed by atoms with E-state index in [-0.39, 0.29) is 0 Å². The van der Waals surface area contributed by atoms with E-state index in [4.69, 9.17) is 4.74 Å². The molecule has 1 fully saturated rings. The molecule has 0 unspecified atom stereocenters. The number of hydrogen-bond acceptors (Lipinski definition) is 3. The Morgan fingerprint density at radius 3 is 2.83 bits per heavy atom. The fourth-order valence-corrected chi connectivity index (χ4v) is 2.46. The maximum absolute atomic E-state index is 5.38. The van der Waals surface area contributed by atoms with Gasteiger partial charge in [0.25, 0.3) is 0 Å². The van der Waals surface area contributed by atoms with Crippen molar-refractivity contribution in [3.8, 4) is 0 Å². The van der Waals surface area contributed by atoms with Gasteiger partial charge in [0.05, 0.1) is 11.4 Å². The van der Waals surface area contributed by atoms with Gasteiger partial charge in [-0.15, -0.1) is 0 Å². The molecule has 1 aromatic heterocycles. The number of aryl methyl sites for hydroxylation is 2. The summed E-state index contributed by atoms with van der Waals surface area (Å²) in [5, 5.41) is 8.14. The molecule has 4 heteroatoms. The van der Waals surface area contributed by atoms with Crippen LogP contribution in [0.4, 0.5) is 0 Å². The minimum absolute atomic E-state index is 0.780. The van der Waals surface area contributed by atoms with Gasteiger partial charge in [0.2, 0.25) is 0 Å². The minimum atomic E-state index is 0.780. The molecule has 0 amide bonds. The predicted molar refractivity (Wildman–Crippen MR) is 72.5 cm³/mol. The standard InChI is InChI=1S/C14H25N3O/c1-3-13-9-14(17(4-2)16-13)11-15-10-12-5-7-18-8-6-12/h9,12,15H,3-8,10-11H2,1-2H3. The highest BCUT2D eigenvalue weighted by Crippen LogP contribution is 2.13. The molecule has 1 aliphatic heterocycles. The van der Waals surface area contributed by atoms with E-state index >= 15 is 0 Å². The first-order valence-electron chi connectivity index (χ1n) is 7.17. The molecule has 0 aliphatic carbocycles. The molecule has 18 heavy (non-hydrogen) atoms. The molecule has 2 rings (SSSR count). The van der Waals surface area contributed by atoms with Crippen LogP contribution in [0, 0.1) is 5.92 Å². The van der Waals surface area contributed by atoms with Crippen molar-refractivity contribution in [1.82, 2.24) is 15.1 Å². The van der Waals surface area contributed by atoms with Crippen molar-refractivity contribution >= 4 is 0 Å². The maximum Gasteiger partial charge on any atom is 0.0625 e. The summed E-state index contributed by atoms with van der Waals surface area (Å²) >= 11 is 0. The Balaban J connectivity index is 1.79. The quantitative estimate of drug-likeness (QED) is 0.840. The van der Waals surface area contributed by atoms with Crippen molar-refractivity contribution in [1.29, 1.82) is 0 Å². The van der Waals surface area contributed by atoms with Gasteiger partial charge in [0, 0.05) is 26.3 Å². The number of aromatic nitrogens is 2. The molecular weight excluding hydrogens is 226 g/mol. The van der Waals surface area contributed by atoms with Gasteiger partial charge < -0.3 is 10.1 Å². The van der Waals surface area contributed by atoms with Crippen LogP contribution in [0.1, 0.15) is 38.1 Å². The third kappa shape index (κ3) is 3.56. The molecule has 1 aliphatic rings. The molecule has 0 radical (unpaired) electrons. The summed E-state index contributed by atoms with van der Waals surface area (Å²) < 4.78 is 7.48. The third-order valence-corrected chi connectivity index (χ3v) is 3.66. The van der Waals surface area contributed by atoms with E-state index < -0.39 is 0 Å². The largest absolute Gasteiger partial charge is 0.381 e. The lowest BCUT2D eigenvalue weighted by atomic mass is 10.0. The fourth-order valence-electron chi connectivity index (χ4n) is 2.46. The molecular formula is C14H25N3O. The Bertz CT molecular complexity index is 356. The Labute approximate surface area is 110 Å². The number of nitrogens with zero attached hydrogens (tertiary/aromatic N) is 2. The van der Waals surface area contributed by atoms with Crippen molar-refractivity contribution in [2.24, 2.45) is 5.92 Å². The van der Waals surface area contributed by atoms with Crippen molar-refractivity contribution in [3.05, 3.63) is 17.5 Å². The Hall–Kier alpha value is -0.870. The van der Waals surface area contributed by atoms with Crippen molar-refractivity contribution in [2.75, 3.05) is 19.8 Å². The average molecular weight is 251 g/mol. The van der Waals surface area contributed by atoms with Crippen LogP contribution in [-0.2, 0) is 24.2 Å². The summed E-state index contributed by atoms with van der Waals surface area (Å²) in [5.41, 5.74) is 2.50. The summed E-state index contributed by atoms with van der Waals surface area (Å²) in [7, 11) is 0. The van der Waals surface area contributed by atoms with E-state index in [0.717, 1.165) is 45.2 Å². The van der Waals surface area contributed by atoms with Gasteiger partial charge in [-0.25, -0.2) is 0 Å². The molecule has 1 N–H and O–H groups in total. The maximum atomic E-state index is 5.38. The van der Waals surface area contributed by atoms with Crippen LogP contribution in [-0.4, -0.2) is 29.5 Å². The molecule has 4 nitrogen and oxygen atoms in total. The van der Waals surface area contributed by atoms with Gasteiger partial charge >= 0.3 is 0 Å². The van der Waals surface area contributed by atoms with E-state index in [2.05, 4.69) is 35.0 Å². The molecule has 1 aromatic rings. The third-order valence-electron chi connectivity index (χ3n) is 3.66. The van der Waals surface area contributed by atoms with Gasteiger partial charge in [-0.05, 0) is 44.7 Å². The number of hydrogen-bond donors (Lipinski definition) is 1. The molecule has 1 saturated heterocycles. The SMILES string of the molecule is CCc1cc(CNCC2CCOCC2)n(CC)n1. The first-order chi connectivity index (χ1) is 8.83. The highest BCUT2D eigenvalue weighted by molar-refractivity contribution is 5.10. The summed E-state index contributed by atoms with van der Waals surface area (Å²) in [6.07, 6.45) is 3.40. The van der Waals surface area contributed by atoms with Crippen LogP contribution in [0.15, 0.2) is 6.07 Å². The van der Waals surface area contributed by atoms with Crippen molar-refractivity contribution in [2.45, 2.75) is 46.2 Å². The lowest BCUT2D eigenvalue weighted by molar-refractivity contribution is 0.0662. The van der Waals surface area contributed by atoms with E-state index in [9.17, 15) is 0 Å². The first kappa shape index (κ1) is 13.6. The average Bonchev–Trinajstić information content (AvgIpc) is 2.82. The highest BCUT2D eigenvalue weighted by atomic mass is 16.5. The first-order valence-corrected chi connectivity index (χ1v) is 7.17. The second-order valence-electron chi connectivity index (χ2n) is 4.98. The molecule has 0 saturated carbocycles. The van der Waals surface area contributed by atoms with Gasteiger partial charge in [0.1, 0.15) is 0 Å². The summed E-state index contributed by atoms with van der Waals surface area (Å²) in [6.45, 7) is 9.14. The monoisotopic (exact) mass is 251 g/mol. The molecule has 0 bridgehead atoms. The Morgan fingerprint density at radius 2 is 2.17 bits per heavy atom. The zero-order chi connectivity index (χ0) is 12.8. The molecule has 102 valence electrons. The Kier molecular flexibility index (Phi) is 5.20.